The molecule has 0 radical (unpaired) electrons. The number of benzene rings is 2. The van der Waals surface area contributed by atoms with E-state index in [0.29, 0.717) is 41.3 Å². The molecule has 1 aliphatic carbocycles. The van der Waals surface area contributed by atoms with Gasteiger partial charge in [0.25, 0.3) is 0 Å². The van der Waals surface area contributed by atoms with Crippen molar-refractivity contribution in [3.05, 3.63) is 64.5 Å². The second kappa shape index (κ2) is 11.1. The fourth-order valence-corrected chi connectivity index (χ4v) is 5.14. The van der Waals surface area contributed by atoms with Crippen LogP contribution < -0.4 is 25.9 Å². The molecule has 0 atom stereocenters. The van der Waals surface area contributed by atoms with Crippen LogP contribution >= 0.6 is 0 Å². The number of anilines is 2. The molecule has 1 amide bonds. The molecule has 0 spiro atoms. The number of methoxy groups -OCH3 is 1. The number of rotatable bonds is 8. The van der Waals surface area contributed by atoms with E-state index in [2.05, 4.69) is 10.6 Å². The average Bonchev–Trinajstić information content (AvgIpc) is 2.91. The Kier molecular flexibility index (Phi) is 7.44. The van der Waals surface area contributed by atoms with E-state index in [4.69, 9.17) is 19.1 Å². The number of carbonyl (C=O) groups excluding carboxylic acids is 1. The molecule has 0 saturated heterocycles. The van der Waals surface area contributed by atoms with Crippen molar-refractivity contribution in [3.8, 4) is 5.75 Å². The molecule has 2 N–H and O–H groups in total. The summed E-state index contributed by atoms with van der Waals surface area (Å²) in [7, 11) is 5.53. The van der Waals surface area contributed by atoms with Crippen molar-refractivity contribution >= 4 is 39.5 Å². The predicted molar refractivity (Wildman–Crippen MR) is 149 cm³/mol. The maximum absolute atomic E-state index is 12.7. The summed E-state index contributed by atoms with van der Waals surface area (Å²) in [5.74, 6) is 2.46. The second-order valence-electron chi connectivity index (χ2n) is 10.1. The average molecular weight is 516 g/mol. The van der Waals surface area contributed by atoms with Gasteiger partial charge in [0.05, 0.1) is 19.0 Å². The highest BCUT2D eigenvalue weighted by molar-refractivity contribution is 5.90. The van der Waals surface area contributed by atoms with Crippen molar-refractivity contribution in [1.82, 2.24) is 15.3 Å². The van der Waals surface area contributed by atoms with Gasteiger partial charge in [0, 0.05) is 49.6 Å². The fraction of sp³-hybridized carbons (Fsp3) is 0.379. The number of nitrogens with one attached hydrogen (secondary N) is 2. The molecule has 5 rings (SSSR count). The summed E-state index contributed by atoms with van der Waals surface area (Å²) in [6, 6.07) is 15.0. The van der Waals surface area contributed by atoms with Crippen LogP contribution in [0.15, 0.2) is 57.7 Å². The Labute approximate surface area is 221 Å². The maximum atomic E-state index is 12.7. The summed E-state index contributed by atoms with van der Waals surface area (Å²) in [5.41, 5.74) is 1.51. The van der Waals surface area contributed by atoms with Crippen LogP contribution in [-0.4, -0.2) is 49.7 Å². The van der Waals surface area contributed by atoms with E-state index in [0.717, 1.165) is 47.8 Å². The summed E-state index contributed by atoms with van der Waals surface area (Å²) in [6.45, 7) is 0.621. The predicted octanol–water partition coefficient (Wildman–Crippen LogP) is 4.14. The number of aromatic nitrogens is 2. The number of fused-ring (bicyclic) bond motifs is 2. The van der Waals surface area contributed by atoms with Gasteiger partial charge in [-0.15, -0.1) is 0 Å². The van der Waals surface area contributed by atoms with E-state index < -0.39 is 5.63 Å². The monoisotopic (exact) mass is 515 g/mol. The molecule has 0 bridgehead atoms. The highest BCUT2D eigenvalue weighted by Gasteiger charge is 2.23. The molecule has 2 aromatic carbocycles. The lowest BCUT2D eigenvalue weighted by Crippen LogP contribution is -2.35. The van der Waals surface area contributed by atoms with Crippen molar-refractivity contribution in [2.24, 2.45) is 5.92 Å². The lowest BCUT2D eigenvalue weighted by Gasteiger charge is -2.29. The minimum atomic E-state index is -0.479. The molecule has 0 unspecified atom stereocenters. The van der Waals surface area contributed by atoms with E-state index in [9.17, 15) is 9.59 Å². The molecular weight excluding hydrogens is 482 g/mol. The number of hydrogen-bond donors (Lipinski definition) is 2. The third-order valence-electron chi connectivity index (χ3n) is 7.16. The molecule has 9 nitrogen and oxygen atoms in total. The summed E-state index contributed by atoms with van der Waals surface area (Å²) < 4.78 is 10.5. The summed E-state index contributed by atoms with van der Waals surface area (Å²) in [4.78, 5) is 36.2. The summed E-state index contributed by atoms with van der Waals surface area (Å²) in [5, 5.41) is 8.37. The van der Waals surface area contributed by atoms with Crippen LogP contribution in [0.4, 0.5) is 11.8 Å². The third-order valence-corrected chi connectivity index (χ3v) is 7.16. The Morgan fingerprint density at radius 2 is 1.84 bits per heavy atom. The number of hydrogen-bond acceptors (Lipinski definition) is 8. The van der Waals surface area contributed by atoms with Gasteiger partial charge in [-0.1, -0.05) is 12.1 Å². The van der Waals surface area contributed by atoms with Crippen LogP contribution in [0, 0.1) is 5.92 Å². The molecule has 38 heavy (non-hydrogen) atoms. The van der Waals surface area contributed by atoms with Crippen LogP contribution in [0.2, 0.25) is 0 Å². The summed E-state index contributed by atoms with van der Waals surface area (Å²) in [6.07, 6.45) is 4.10. The third kappa shape index (κ3) is 5.72. The first-order valence-electron chi connectivity index (χ1n) is 13.0. The van der Waals surface area contributed by atoms with E-state index >= 15 is 0 Å². The Balaban J connectivity index is 1.15. The molecule has 0 aliphatic heterocycles. The molecule has 9 heteroatoms. The maximum Gasteiger partial charge on any atom is 0.336 e. The highest BCUT2D eigenvalue weighted by atomic mass is 16.5. The Morgan fingerprint density at radius 3 is 2.61 bits per heavy atom. The Hall–Kier alpha value is -4.14. The van der Waals surface area contributed by atoms with Gasteiger partial charge in [0.2, 0.25) is 11.9 Å². The topological polar surface area (TPSA) is 110 Å². The molecule has 2 heterocycles. The van der Waals surface area contributed by atoms with Crippen molar-refractivity contribution < 1.29 is 13.9 Å². The smallest absolute Gasteiger partial charge is 0.336 e. The number of carbonyl (C=O) groups is 1. The zero-order valence-corrected chi connectivity index (χ0v) is 22.0. The van der Waals surface area contributed by atoms with E-state index in [1.54, 1.807) is 19.2 Å². The Bertz CT molecular complexity index is 1510. The first-order valence-corrected chi connectivity index (χ1v) is 13.0. The molecule has 1 saturated carbocycles. The van der Waals surface area contributed by atoms with Gasteiger partial charge in [0.15, 0.2) is 0 Å². The van der Waals surface area contributed by atoms with Crippen LogP contribution in [-0.2, 0) is 11.2 Å². The molecule has 4 aromatic rings. The lowest BCUT2D eigenvalue weighted by molar-refractivity contribution is -0.120. The number of ether oxygens (including phenoxy) is 1. The molecule has 1 aliphatic rings. The molecule has 198 valence electrons. The normalized spacial score (nSPS) is 17.3. The van der Waals surface area contributed by atoms with Crippen molar-refractivity contribution in [2.45, 2.75) is 38.1 Å². The van der Waals surface area contributed by atoms with Crippen LogP contribution in [0.25, 0.3) is 21.9 Å². The minimum Gasteiger partial charge on any atom is -0.497 e. The largest absolute Gasteiger partial charge is 0.497 e. The molecular formula is C29H33N5O4. The molecule has 1 fully saturated rings. The van der Waals surface area contributed by atoms with Crippen molar-refractivity contribution in [2.75, 3.05) is 38.0 Å². The number of amides is 1. The van der Waals surface area contributed by atoms with Gasteiger partial charge in [-0.3, -0.25) is 4.79 Å². The van der Waals surface area contributed by atoms with Crippen LogP contribution in [0.5, 0.6) is 5.75 Å². The zero-order chi connectivity index (χ0) is 26.6. The van der Waals surface area contributed by atoms with E-state index in [1.807, 2.05) is 49.3 Å². The number of para-hydroxylation sites is 1. The standard InChI is InChI=1S/C29H33N5O4/c1-34(2)28-23-6-4-5-7-24(23)32-29(33-28)31-20-10-8-18(9-11-20)17-30-26(35)14-19-15-27(36)38-25-16-21(37-3)12-13-22(19)25/h4-7,12-13,15-16,18,20H,8-11,14,17H2,1-3H3,(H,30,35)(H,31,32,33). The van der Waals surface area contributed by atoms with Crippen molar-refractivity contribution in [3.63, 3.8) is 0 Å². The quantitative estimate of drug-likeness (QED) is 0.337. The minimum absolute atomic E-state index is 0.103. The Morgan fingerprint density at radius 1 is 1.05 bits per heavy atom. The lowest BCUT2D eigenvalue weighted by atomic mass is 9.86. The van der Waals surface area contributed by atoms with E-state index in [1.165, 1.54) is 6.07 Å². The SMILES string of the molecule is COc1ccc2c(CC(=O)NCC3CCC(Nc4nc(N(C)C)c5ccccc5n4)CC3)cc(=O)oc2c1. The van der Waals surface area contributed by atoms with Gasteiger partial charge in [-0.25, -0.2) is 9.78 Å². The van der Waals surface area contributed by atoms with Gasteiger partial charge in [-0.2, -0.15) is 4.98 Å². The van der Waals surface area contributed by atoms with Gasteiger partial charge in [0.1, 0.15) is 17.2 Å². The van der Waals surface area contributed by atoms with Gasteiger partial charge < -0.3 is 24.7 Å². The second-order valence-corrected chi connectivity index (χ2v) is 10.1. The van der Waals surface area contributed by atoms with Crippen molar-refractivity contribution in [1.29, 1.82) is 0 Å². The number of nitrogens with zero attached hydrogens (tertiary/aromatic N) is 3. The van der Waals surface area contributed by atoms with E-state index in [-0.39, 0.29) is 12.3 Å². The summed E-state index contributed by atoms with van der Waals surface area (Å²) >= 11 is 0. The zero-order valence-electron chi connectivity index (χ0n) is 22.0. The molecule has 2 aromatic heterocycles. The highest BCUT2D eigenvalue weighted by Crippen LogP contribution is 2.28. The van der Waals surface area contributed by atoms with Crippen LogP contribution in [0.1, 0.15) is 31.2 Å². The first kappa shape index (κ1) is 25.5. The van der Waals surface area contributed by atoms with Crippen LogP contribution in [0.3, 0.4) is 0 Å². The van der Waals surface area contributed by atoms with Gasteiger partial charge in [-0.05, 0) is 61.4 Å². The van der Waals surface area contributed by atoms with Gasteiger partial charge >= 0.3 is 5.63 Å². The fourth-order valence-electron chi connectivity index (χ4n) is 5.14. The first-order chi connectivity index (χ1) is 18.4.